The second kappa shape index (κ2) is 7.46. The largest absolute Gasteiger partial charge is 0.444 e. The number of ether oxygens (including phenoxy) is 2. The number of carbonyl (C=O) groups is 1. The van der Waals surface area contributed by atoms with Gasteiger partial charge in [-0.25, -0.2) is 9.59 Å². The van der Waals surface area contributed by atoms with Crippen molar-refractivity contribution in [1.29, 1.82) is 0 Å². The van der Waals surface area contributed by atoms with Gasteiger partial charge in [-0.1, -0.05) is 13.8 Å². The Kier molecular flexibility index (Phi) is 5.44. The van der Waals surface area contributed by atoms with E-state index in [4.69, 9.17) is 19.6 Å². The first kappa shape index (κ1) is 21.9. The van der Waals surface area contributed by atoms with Crippen LogP contribution in [-0.2, 0) is 9.47 Å². The van der Waals surface area contributed by atoms with Crippen molar-refractivity contribution in [3.63, 3.8) is 0 Å². The van der Waals surface area contributed by atoms with Gasteiger partial charge < -0.3 is 19.6 Å². The lowest BCUT2D eigenvalue weighted by molar-refractivity contribution is -0.0841. The molecular weight excluding hydrogens is 388 g/mol. The lowest BCUT2D eigenvalue weighted by atomic mass is 9.97. The number of nitrogens with zero attached hydrogens (tertiary/aromatic N) is 3. The molecule has 0 unspecified atom stereocenters. The van der Waals surface area contributed by atoms with Gasteiger partial charge >= 0.3 is 11.8 Å². The molecule has 3 rings (SSSR count). The van der Waals surface area contributed by atoms with E-state index in [1.54, 1.807) is 43.0 Å². The first-order chi connectivity index (χ1) is 13.8. The molecule has 1 aromatic heterocycles. The van der Waals surface area contributed by atoms with Crippen molar-refractivity contribution in [2.75, 3.05) is 5.73 Å². The van der Waals surface area contributed by atoms with Crippen LogP contribution in [0.3, 0.4) is 0 Å². The van der Waals surface area contributed by atoms with Crippen LogP contribution in [0, 0.1) is 5.92 Å². The van der Waals surface area contributed by atoms with Crippen LogP contribution in [0.25, 0.3) is 5.69 Å². The zero-order valence-electron chi connectivity index (χ0n) is 18.5. The summed E-state index contributed by atoms with van der Waals surface area (Å²) in [6.07, 6.45) is -1.22. The maximum absolute atomic E-state index is 13.0. The molecule has 2 heterocycles. The summed E-state index contributed by atoms with van der Waals surface area (Å²) in [5.41, 5.74) is 5.17. The van der Waals surface area contributed by atoms with Crippen molar-refractivity contribution < 1.29 is 18.7 Å². The summed E-state index contributed by atoms with van der Waals surface area (Å²) in [7, 11) is 0. The summed E-state index contributed by atoms with van der Waals surface area (Å²) >= 11 is 0. The molecule has 1 aliphatic heterocycles. The van der Waals surface area contributed by atoms with Crippen molar-refractivity contribution in [2.24, 2.45) is 5.92 Å². The molecule has 1 saturated heterocycles. The van der Waals surface area contributed by atoms with E-state index in [0.29, 0.717) is 11.4 Å². The highest BCUT2D eigenvalue weighted by Gasteiger charge is 2.54. The second-order valence-electron chi connectivity index (χ2n) is 9.28. The van der Waals surface area contributed by atoms with E-state index in [1.165, 1.54) is 0 Å². The van der Waals surface area contributed by atoms with E-state index in [-0.39, 0.29) is 11.8 Å². The molecule has 2 aromatic rings. The molecule has 2 atom stereocenters. The normalized spacial score (nSPS) is 21.3. The molecule has 1 fully saturated rings. The van der Waals surface area contributed by atoms with E-state index < -0.39 is 35.3 Å². The minimum Gasteiger partial charge on any atom is -0.444 e. The van der Waals surface area contributed by atoms with Gasteiger partial charge in [-0.3, -0.25) is 4.90 Å². The SMILES string of the molecule is CC(C)[C@H]1[C@H](c2nn(-c3ccc(N)cc3)c(=O)o2)OC(C)(C)N1C(=O)OC(C)(C)C. The number of nitrogens with two attached hydrogens (primary N) is 1. The number of hydrogen-bond donors (Lipinski definition) is 1. The first-order valence-corrected chi connectivity index (χ1v) is 9.96. The molecule has 0 bridgehead atoms. The summed E-state index contributed by atoms with van der Waals surface area (Å²) in [6.45, 7) is 12.9. The zero-order chi connectivity index (χ0) is 22.4. The Balaban J connectivity index is 2.00. The molecule has 9 nitrogen and oxygen atoms in total. The molecule has 9 heteroatoms. The van der Waals surface area contributed by atoms with Gasteiger partial charge in [-0.2, -0.15) is 4.68 Å². The average molecular weight is 418 g/mol. The van der Waals surface area contributed by atoms with Crippen molar-refractivity contribution in [3.8, 4) is 5.69 Å². The van der Waals surface area contributed by atoms with E-state index in [9.17, 15) is 9.59 Å². The van der Waals surface area contributed by atoms with E-state index >= 15 is 0 Å². The van der Waals surface area contributed by atoms with Crippen molar-refractivity contribution >= 4 is 11.8 Å². The summed E-state index contributed by atoms with van der Waals surface area (Å²) < 4.78 is 18.4. The van der Waals surface area contributed by atoms with Crippen molar-refractivity contribution in [3.05, 3.63) is 40.7 Å². The lowest BCUT2D eigenvalue weighted by Gasteiger charge is -2.36. The third-order valence-corrected chi connectivity index (χ3v) is 4.82. The number of amides is 1. The Labute approximate surface area is 175 Å². The van der Waals surface area contributed by atoms with Gasteiger partial charge in [0.25, 0.3) is 0 Å². The van der Waals surface area contributed by atoms with Crippen LogP contribution < -0.4 is 11.5 Å². The van der Waals surface area contributed by atoms with Crippen LogP contribution in [0.5, 0.6) is 0 Å². The summed E-state index contributed by atoms with van der Waals surface area (Å²) in [6, 6.07) is 6.26. The molecule has 0 aliphatic carbocycles. The topological polar surface area (TPSA) is 113 Å². The van der Waals surface area contributed by atoms with E-state index in [0.717, 1.165) is 4.68 Å². The van der Waals surface area contributed by atoms with Crippen LogP contribution in [0.4, 0.5) is 10.5 Å². The van der Waals surface area contributed by atoms with Crippen LogP contribution in [0.2, 0.25) is 0 Å². The predicted molar refractivity (Wildman–Crippen MR) is 111 cm³/mol. The Morgan fingerprint density at radius 1 is 1.23 bits per heavy atom. The maximum Gasteiger partial charge on any atom is 0.442 e. The van der Waals surface area contributed by atoms with Crippen LogP contribution in [-0.4, -0.2) is 38.1 Å². The highest BCUT2D eigenvalue weighted by atomic mass is 16.6. The standard InChI is InChI=1S/C21H30N4O5/c1-12(2)15-16(29-21(6,7)24(15)18(26)30-20(3,4)5)17-23-25(19(27)28-17)14-10-8-13(22)9-11-14/h8-12,15-16H,22H2,1-7H3/t15-,16+/m0/s1. The molecule has 1 aromatic carbocycles. The van der Waals surface area contributed by atoms with Gasteiger partial charge in [0.05, 0.1) is 11.7 Å². The van der Waals surface area contributed by atoms with Gasteiger partial charge in [0.1, 0.15) is 11.3 Å². The fourth-order valence-electron chi connectivity index (χ4n) is 3.61. The Hall–Kier alpha value is -2.81. The minimum absolute atomic E-state index is 0.0173. The predicted octanol–water partition coefficient (Wildman–Crippen LogP) is 3.48. The van der Waals surface area contributed by atoms with Crippen molar-refractivity contribution in [2.45, 2.75) is 71.9 Å². The average Bonchev–Trinajstić information content (AvgIpc) is 3.11. The molecule has 0 radical (unpaired) electrons. The highest BCUT2D eigenvalue weighted by molar-refractivity contribution is 5.70. The molecule has 164 valence electrons. The third kappa shape index (κ3) is 4.21. The second-order valence-corrected chi connectivity index (χ2v) is 9.28. The number of benzene rings is 1. The van der Waals surface area contributed by atoms with Crippen LogP contribution in [0.1, 0.15) is 60.5 Å². The quantitative estimate of drug-likeness (QED) is 0.759. The van der Waals surface area contributed by atoms with Crippen molar-refractivity contribution in [1.82, 2.24) is 14.7 Å². The minimum atomic E-state index is -0.981. The number of nitrogen functional groups attached to an aromatic ring is 1. The fourth-order valence-corrected chi connectivity index (χ4v) is 3.61. The number of anilines is 1. The highest BCUT2D eigenvalue weighted by Crippen LogP contribution is 2.44. The van der Waals surface area contributed by atoms with Gasteiger partial charge in [-0.05, 0) is 64.8 Å². The smallest absolute Gasteiger partial charge is 0.442 e. The Bertz CT molecular complexity index is 969. The summed E-state index contributed by atoms with van der Waals surface area (Å²) in [4.78, 5) is 27.0. The third-order valence-electron chi connectivity index (χ3n) is 4.82. The molecule has 1 amide bonds. The van der Waals surface area contributed by atoms with Crippen LogP contribution >= 0.6 is 0 Å². The lowest BCUT2D eigenvalue weighted by Crippen LogP contribution is -2.51. The number of hydrogen-bond acceptors (Lipinski definition) is 7. The zero-order valence-corrected chi connectivity index (χ0v) is 18.5. The Morgan fingerprint density at radius 3 is 2.37 bits per heavy atom. The fraction of sp³-hybridized carbons (Fsp3) is 0.571. The molecule has 0 saturated carbocycles. The number of rotatable bonds is 3. The van der Waals surface area contributed by atoms with Gasteiger partial charge in [0.2, 0.25) is 5.89 Å². The molecule has 1 aliphatic rings. The van der Waals surface area contributed by atoms with Gasteiger partial charge in [-0.15, -0.1) is 5.10 Å². The molecule has 30 heavy (non-hydrogen) atoms. The Morgan fingerprint density at radius 2 is 1.83 bits per heavy atom. The van der Waals surface area contributed by atoms with Gasteiger partial charge in [0.15, 0.2) is 6.10 Å². The van der Waals surface area contributed by atoms with E-state index in [2.05, 4.69) is 5.10 Å². The number of carbonyl (C=O) groups excluding carboxylic acids is 1. The first-order valence-electron chi connectivity index (χ1n) is 9.96. The summed E-state index contributed by atoms with van der Waals surface area (Å²) in [5.74, 6) is -0.555. The maximum atomic E-state index is 13.0. The van der Waals surface area contributed by atoms with E-state index in [1.807, 2.05) is 34.6 Å². The van der Waals surface area contributed by atoms with Crippen LogP contribution in [0.15, 0.2) is 33.5 Å². The molecular formula is C21H30N4O5. The molecule has 0 spiro atoms. The monoisotopic (exact) mass is 418 g/mol. The van der Waals surface area contributed by atoms with Gasteiger partial charge in [0, 0.05) is 5.69 Å². The number of aromatic nitrogens is 2. The summed E-state index contributed by atoms with van der Waals surface area (Å²) in [5, 5.41) is 4.35. The molecule has 2 N–H and O–H groups in total.